The summed E-state index contributed by atoms with van der Waals surface area (Å²) in [5.41, 5.74) is 1.57. The maximum Gasteiger partial charge on any atom is 0.243 e. The summed E-state index contributed by atoms with van der Waals surface area (Å²) in [7, 11) is 1.53. The molecule has 0 saturated carbocycles. The summed E-state index contributed by atoms with van der Waals surface area (Å²) >= 11 is 5.84. The van der Waals surface area contributed by atoms with Gasteiger partial charge >= 0.3 is 0 Å². The van der Waals surface area contributed by atoms with Crippen molar-refractivity contribution < 1.29 is 9.84 Å². The highest BCUT2D eigenvalue weighted by atomic mass is 35.5. The van der Waals surface area contributed by atoms with E-state index in [0.717, 1.165) is 5.56 Å². The Morgan fingerprint density at radius 3 is 2.80 bits per heavy atom. The lowest BCUT2D eigenvalue weighted by molar-refractivity contribution is 0.0726. The molecule has 106 valence electrons. The first-order chi connectivity index (χ1) is 9.69. The summed E-state index contributed by atoms with van der Waals surface area (Å²) in [6.07, 6.45) is 0.947. The second-order valence-corrected chi connectivity index (χ2v) is 4.60. The predicted octanol–water partition coefficient (Wildman–Crippen LogP) is 1.61. The number of ether oxygens (including phenoxy) is 1. The van der Waals surface area contributed by atoms with E-state index in [0.29, 0.717) is 23.2 Å². The molecule has 0 aliphatic heterocycles. The van der Waals surface area contributed by atoms with Crippen LogP contribution in [0.25, 0.3) is 11.3 Å². The molecule has 2 N–H and O–H groups in total. The van der Waals surface area contributed by atoms with Gasteiger partial charge in [-0.05, 0) is 12.1 Å². The van der Waals surface area contributed by atoms with Crippen LogP contribution in [-0.4, -0.2) is 46.7 Å². The molecule has 2 rings (SSSR count). The Hall–Kier alpha value is -1.76. The van der Waals surface area contributed by atoms with Crippen molar-refractivity contribution >= 4 is 17.5 Å². The molecular weight excluding hydrogens is 280 g/mol. The monoisotopic (exact) mass is 294 g/mol. The first-order valence-electron chi connectivity index (χ1n) is 6.05. The molecule has 0 aliphatic rings. The quantitative estimate of drug-likeness (QED) is 0.842. The lowest BCUT2D eigenvalue weighted by Gasteiger charge is -2.10. The molecule has 0 radical (unpaired) electrons. The van der Waals surface area contributed by atoms with Crippen LogP contribution in [0.15, 0.2) is 30.5 Å². The highest BCUT2D eigenvalue weighted by molar-refractivity contribution is 6.30. The number of hydrogen-bond donors (Lipinski definition) is 2. The van der Waals surface area contributed by atoms with Gasteiger partial charge in [-0.25, -0.2) is 4.98 Å². The third kappa shape index (κ3) is 4.12. The molecule has 6 nitrogen and oxygen atoms in total. The van der Waals surface area contributed by atoms with Gasteiger partial charge in [0, 0.05) is 24.2 Å². The van der Waals surface area contributed by atoms with E-state index < -0.39 is 6.10 Å². The number of nitrogens with one attached hydrogen (secondary N) is 1. The fourth-order valence-corrected chi connectivity index (χ4v) is 1.72. The van der Waals surface area contributed by atoms with Gasteiger partial charge in [0.05, 0.1) is 24.6 Å². The average molecular weight is 295 g/mol. The number of hydrogen-bond acceptors (Lipinski definition) is 6. The van der Waals surface area contributed by atoms with Crippen LogP contribution in [0, 0.1) is 0 Å². The molecule has 1 atom stereocenters. The van der Waals surface area contributed by atoms with E-state index in [-0.39, 0.29) is 6.61 Å². The second-order valence-electron chi connectivity index (χ2n) is 4.16. The topological polar surface area (TPSA) is 80.2 Å². The molecule has 0 amide bonds. The molecular formula is C13H15ClN4O2. The summed E-state index contributed by atoms with van der Waals surface area (Å²) in [6.45, 7) is 0.539. The minimum absolute atomic E-state index is 0.247. The minimum Gasteiger partial charge on any atom is -0.389 e. The summed E-state index contributed by atoms with van der Waals surface area (Å²) < 4.78 is 4.84. The van der Waals surface area contributed by atoms with Gasteiger partial charge < -0.3 is 15.2 Å². The van der Waals surface area contributed by atoms with Gasteiger partial charge in [-0.15, -0.1) is 5.10 Å². The fraction of sp³-hybridized carbons (Fsp3) is 0.308. The lowest BCUT2D eigenvalue weighted by atomic mass is 10.2. The molecule has 1 aromatic heterocycles. The van der Waals surface area contributed by atoms with Crippen LogP contribution < -0.4 is 5.32 Å². The molecule has 7 heteroatoms. The van der Waals surface area contributed by atoms with E-state index in [1.165, 1.54) is 7.11 Å². The van der Waals surface area contributed by atoms with Crippen molar-refractivity contribution in [3.63, 3.8) is 0 Å². The van der Waals surface area contributed by atoms with Crippen LogP contribution in [0.2, 0.25) is 5.02 Å². The fourth-order valence-electron chi connectivity index (χ4n) is 1.60. The van der Waals surface area contributed by atoms with Crippen LogP contribution in [0.5, 0.6) is 0 Å². The Morgan fingerprint density at radius 2 is 2.10 bits per heavy atom. The number of nitrogens with zero attached hydrogens (tertiary/aromatic N) is 3. The van der Waals surface area contributed by atoms with Crippen LogP contribution in [0.1, 0.15) is 0 Å². The second kappa shape index (κ2) is 7.14. The molecule has 0 saturated heterocycles. The van der Waals surface area contributed by atoms with Gasteiger partial charge in [0.15, 0.2) is 0 Å². The van der Waals surface area contributed by atoms with Crippen LogP contribution in [0.4, 0.5) is 5.95 Å². The summed E-state index contributed by atoms with van der Waals surface area (Å²) in [5, 5.41) is 20.9. The molecule has 1 aromatic carbocycles. The first kappa shape index (κ1) is 14.6. The van der Waals surface area contributed by atoms with E-state index in [1.54, 1.807) is 18.3 Å². The predicted molar refractivity (Wildman–Crippen MR) is 76.6 cm³/mol. The number of aliphatic hydroxyl groups is 1. The van der Waals surface area contributed by atoms with Crippen molar-refractivity contribution in [1.29, 1.82) is 0 Å². The van der Waals surface area contributed by atoms with Gasteiger partial charge in [-0.2, -0.15) is 5.10 Å². The summed E-state index contributed by atoms with van der Waals surface area (Å²) in [5.74, 6) is 0.354. The Bertz CT molecular complexity index is 550. The summed E-state index contributed by atoms with van der Waals surface area (Å²) in [6, 6.07) is 7.29. The number of rotatable bonds is 6. The van der Waals surface area contributed by atoms with E-state index >= 15 is 0 Å². The lowest BCUT2D eigenvalue weighted by Crippen LogP contribution is -2.25. The average Bonchev–Trinajstić information content (AvgIpc) is 2.47. The number of methoxy groups -OCH3 is 1. The van der Waals surface area contributed by atoms with E-state index in [9.17, 15) is 5.11 Å². The van der Waals surface area contributed by atoms with Crippen LogP contribution >= 0.6 is 11.6 Å². The Balaban J connectivity index is 2.06. The number of halogens is 1. The highest BCUT2D eigenvalue weighted by Gasteiger charge is 2.06. The Morgan fingerprint density at radius 1 is 1.35 bits per heavy atom. The van der Waals surface area contributed by atoms with Crippen molar-refractivity contribution in [1.82, 2.24) is 15.2 Å². The molecule has 2 aromatic rings. The van der Waals surface area contributed by atoms with Gasteiger partial charge in [0.1, 0.15) is 0 Å². The molecule has 0 bridgehead atoms. The smallest absolute Gasteiger partial charge is 0.243 e. The third-order valence-electron chi connectivity index (χ3n) is 2.55. The number of aromatic nitrogens is 3. The normalized spacial score (nSPS) is 12.2. The third-order valence-corrected chi connectivity index (χ3v) is 2.81. The van der Waals surface area contributed by atoms with E-state index in [2.05, 4.69) is 20.5 Å². The van der Waals surface area contributed by atoms with Gasteiger partial charge in [0.25, 0.3) is 0 Å². The summed E-state index contributed by atoms with van der Waals surface area (Å²) in [4.78, 5) is 4.33. The zero-order chi connectivity index (χ0) is 14.4. The maximum atomic E-state index is 9.55. The van der Waals surface area contributed by atoms with Crippen LogP contribution in [0.3, 0.4) is 0 Å². The van der Waals surface area contributed by atoms with Crippen LogP contribution in [-0.2, 0) is 4.74 Å². The Kier molecular flexibility index (Phi) is 5.23. The first-order valence-corrected chi connectivity index (χ1v) is 6.43. The van der Waals surface area contributed by atoms with Gasteiger partial charge in [-0.3, -0.25) is 0 Å². The van der Waals surface area contributed by atoms with E-state index in [1.807, 2.05) is 12.1 Å². The minimum atomic E-state index is -0.622. The number of benzene rings is 1. The van der Waals surface area contributed by atoms with Crippen molar-refractivity contribution in [2.75, 3.05) is 25.6 Å². The van der Waals surface area contributed by atoms with Crippen molar-refractivity contribution in [3.8, 4) is 11.3 Å². The van der Waals surface area contributed by atoms with Crippen molar-refractivity contribution in [2.24, 2.45) is 0 Å². The molecule has 0 aliphatic carbocycles. The van der Waals surface area contributed by atoms with Gasteiger partial charge in [0.2, 0.25) is 5.95 Å². The Labute approximate surface area is 121 Å². The SMILES string of the molecule is COCC(O)CNc1nncc(-c2ccc(Cl)cc2)n1. The van der Waals surface area contributed by atoms with Crippen molar-refractivity contribution in [2.45, 2.75) is 6.10 Å². The maximum absolute atomic E-state index is 9.55. The van der Waals surface area contributed by atoms with Gasteiger partial charge in [-0.1, -0.05) is 23.7 Å². The molecule has 1 heterocycles. The van der Waals surface area contributed by atoms with Crippen molar-refractivity contribution in [3.05, 3.63) is 35.5 Å². The standard InChI is InChI=1S/C13H15ClN4O2/c1-20-8-11(19)6-15-13-17-12(7-16-18-13)9-2-4-10(14)5-3-9/h2-5,7,11,19H,6,8H2,1H3,(H,15,17,18). The highest BCUT2D eigenvalue weighted by Crippen LogP contribution is 2.19. The number of anilines is 1. The zero-order valence-electron chi connectivity index (χ0n) is 11.0. The number of aliphatic hydroxyl groups excluding tert-OH is 1. The molecule has 0 spiro atoms. The molecule has 1 unspecified atom stereocenters. The molecule has 20 heavy (non-hydrogen) atoms. The molecule has 0 fully saturated rings. The zero-order valence-corrected chi connectivity index (χ0v) is 11.7. The largest absolute Gasteiger partial charge is 0.389 e. The van der Waals surface area contributed by atoms with E-state index in [4.69, 9.17) is 16.3 Å².